The van der Waals surface area contributed by atoms with Crippen LogP contribution in [0.3, 0.4) is 0 Å². The first-order valence-electron chi connectivity index (χ1n) is 14.9. The van der Waals surface area contributed by atoms with E-state index >= 15 is 0 Å². The van der Waals surface area contributed by atoms with Gasteiger partial charge in [-0.2, -0.15) is 0 Å². The predicted octanol–water partition coefficient (Wildman–Crippen LogP) is 6.44. The molecule has 4 aromatic rings. The Labute approximate surface area is 251 Å². The van der Waals surface area contributed by atoms with E-state index in [1.54, 1.807) is 18.2 Å². The minimum atomic E-state index is -0.312. The van der Waals surface area contributed by atoms with Crippen LogP contribution < -0.4 is 10.9 Å². The van der Waals surface area contributed by atoms with Crippen LogP contribution in [-0.2, 0) is 19.3 Å². The van der Waals surface area contributed by atoms with Crippen LogP contribution in [0.4, 0.5) is 4.39 Å². The Hall–Kier alpha value is -3.62. The fourth-order valence-electron chi connectivity index (χ4n) is 5.74. The molecule has 0 unspecified atom stereocenters. The molecule has 1 amide bonds. The highest BCUT2D eigenvalue weighted by Crippen LogP contribution is 2.34. The van der Waals surface area contributed by atoms with E-state index in [-0.39, 0.29) is 23.2 Å². The number of aryl methyl sites for hydroxylation is 3. The number of pyridine rings is 1. The van der Waals surface area contributed by atoms with Crippen LogP contribution in [0.15, 0.2) is 53.3 Å². The van der Waals surface area contributed by atoms with Crippen molar-refractivity contribution in [2.24, 2.45) is 5.92 Å². The number of halogens is 1. The normalized spacial score (nSPS) is 13.6. The summed E-state index contributed by atoms with van der Waals surface area (Å²) < 4.78 is 15.5. The molecule has 6 nitrogen and oxygen atoms in total. The summed E-state index contributed by atoms with van der Waals surface area (Å²) in [5.41, 5.74) is 6.08. The Morgan fingerprint density at radius 2 is 1.69 bits per heavy atom. The number of carbonyl (C=O) groups is 1. The van der Waals surface area contributed by atoms with Crippen LogP contribution in [0.1, 0.15) is 59.8 Å². The molecule has 1 aliphatic rings. The van der Waals surface area contributed by atoms with Crippen molar-refractivity contribution in [3.63, 3.8) is 0 Å². The molecule has 1 saturated heterocycles. The minimum absolute atomic E-state index is 0.0544. The van der Waals surface area contributed by atoms with Crippen molar-refractivity contribution in [3.05, 3.63) is 92.0 Å². The molecule has 42 heavy (non-hydrogen) atoms. The fourth-order valence-corrected chi connectivity index (χ4v) is 6.69. The highest BCUT2D eigenvalue weighted by Gasteiger charge is 2.28. The zero-order valence-electron chi connectivity index (χ0n) is 25.1. The molecule has 0 radical (unpaired) electrons. The number of piperazine rings is 1. The van der Waals surface area contributed by atoms with Gasteiger partial charge in [0.15, 0.2) is 0 Å². The molecule has 1 N–H and O–H groups in total. The number of para-hydroxylation sites is 1. The Balaban J connectivity index is 1.82. The minimum Gasteiger partial charge on any atom is -0.336 e. The number of hydrogen-bond acceptors (Lipinski definition) is 5. The number of hydrogen-bond donors (Lipinski definition) is 1. The first-order chi connectivity index (χ1) is 20.2. The summed E-state index contributed by atoms with van der Waals surface area (Å²) in [5.74, 6) is -0.142. The van der Waals surface area contributed by atoms with Gasteiger partial charge in [-0.1, -0.05) is 45.9 Å². The molecule has 0 aliphatic carbocycles. The molecule has 3 heterocycles. The summed E-state index contributed by atoms with van der Waals surface area (Å²) in [6, 6.07) is 14.2. The molecule has 2 aromatic heterocycles. The van der Waals surface area contributed by atoms with Crippen LogP contribution >= 0.6 is 11.3 Å². The van der Waals surface area contributed by atoms with E-state index in [9.17, 15) is 14.0 Å². The molecular weight excluding hydrogens is 547 g/mol. The Kier molecular flexibility index (Phi) is 9.04. The van der Waals surface area contributed by atoms with Crippen LogP contribution in [0.5, 0.6) is 0 Å². The highest BCUT2D eigenvalue weighted by molar-refractivity contribution is 7.15. The van der Waals surface area contributed by atoms with Crippen molar-refractivity contribution < 1.29 is 9.18 Å². The zero-order valence-corrected chi connectivity index (χ0v) is 25.9. The van der Waals surface area contributed by atoms with Gasteiger partial charge in [-0.3, -0.25) is 14.2 Å². The first kappa shape index (κ1) is 29.9. The summed E-state index contributed by atoms with van der Waals surface area (Å²) in [4.78, 5) is 36.7. The molecule has 0 atom stereocenters. The number of carbonyl (C=O) groups excluding carboxylic acids is 1. The maximum absolute atomic E-state index is 14.7. The van der Waals surface area contributed by atoms with Gasteiger partial charge < -0.3 is 10.2 Å². The second-order valence-electron chi connectivity index (χ2n) is 11.3. The molecular formula is C34H39FN4O2S. The lowest BCUT2D eigenvalue weighted by Gasteiger charge is -2.30. The van der Waals surface area contributed by atoms with Gasteiger partial charge in [0.2, 0.25) is 0 Å². The van der Waals surface area contributed by atoms with Gasteiger partial charge in [-0.05, 0) is 73.6 Å². The monoisotopic (exact) mass is 586 g/mol. The van der Waals surface area contributed by atoms with Crippen LogP contribution in [0, 0.1) is 18.7 Å². The van der Waals surface area contributed by atoms with Crippen LogP contribution in [-0.4, -0.2) is 46.5 Å². The van der Waals surface area contributed by atoms with E-state index in [1.807, 2.05) is 22.5 Å². The highest BCUT2D eigenvalue weighted by atomic mass is 32.1. The lowest BCUT2D eigenvalue weighted by molar-refractivity contribution is 0.0733. The Morgan fingerprint density at radius 1 is 1.05 bits per heavy atom. The molecule has 0 bridgehead atoms. The van der Waals surface area contributed by atoms with E-state index in [4.69, 9.17) is 4.98 Å². The SMILES string of the molecule is CCc1cccc(CC)c1-n1c(CC(C)C)c(C(=O)N2CCNCC2)cc(-c2nc(-c3ccc(F)cc3)c(C)s2)c1=O. The van der Waals surface area contributed by atoms with Gasteiger partial charge in [0.1, 0.15) is 10.8 Å². The van der Waals surface area contributed by atoms with E-state index in [0.717, 1.165) is 58.9 Å². The average Bonchev–Trinajstić information content (AvgIpc) is 3.38. The number of amides is 1. The summed E-state index contributed by atoms with van der Waals surface area (Å²) in [5, 5.41) is 3.89. The maximum Gasteiger partial charge on any atom is 0.265 e. The largest absolute Gasteiger partial charge is 0.336 e. The number of aromatic nitrogens is 2. The van der Waals surface area contributed by atoms with Crippen molar-refractivity contribution in [1.82, 2.24) is 19.8 Å². The molecule has 0 saturated carbocycles. The first-order valence-corrected chi connectivity index (χ1v) is 15.7. The van der Waals surface area contributed by atoms with Crippen LogP contribution in [0.25, 0.3) is 27.5 Å². The molecule has 1 aliphatic heterocycles. The zero-order chi connectivity index (χ0) is 30.0. The van der Waals surface area contributed by atoms with E-state index in [0.29, 0.717) is 41.3 Å². The van der Waals surface area contributed by atoms with Crippen molar-refractivity contribution in [2.75, 3.05) is 26.2 Å². The lowest BCUT2D eigenvalue weighted by Crippen LogP contribution is -2.47. The van der Waals surface area contributed by atoms with Crippen molar-refractivity contribution >= 4 is 17.2 Å². The standard InChI is InChI=1S/C34H39FN4O2S/c1-6-23-9-8-10-24(7-2)31(23)39-29(19-21(3)4)27(33(40)38-17-15-36-16-18-38)20-28(34(39)41)32-37-30(22(5)42-32)25-11-13-26(35)14-12-25/h8-14,20-21,36H,6-7,15-19H2,1-5H3. The van der Waals surface area contributed by atoms with Crippen molar-refractivity contribution in [1.29, 1.82) is 0 Å². The second-order valence-corrected chi connectivity index (χ2v) is 12.5. The van der Waals surface area contributed by atoms with Crippen molar-refractivity contribution in [3.8, 4) is 27.5 Å². The third-order valence-corrected chi connectivity index (χ3v) is 8.88. The average molecular weight is 587 g/mol. The molecule has 0 spiro atoms. The number of thiazole rings is 1. The van der Waals surface area contributed by atoms with Gasteiger partial charge >= 0.3 is 0 Å². The molecule has 2 aromatic carbocycles. The number of nitrogens with one attached hydrogen (secondary N) is 1. The quantitative estimate of drug-likeness (QED) is 0.258. The van der Waals surface area contributed by atoms with Crippen LogP contribution in [0.2, 0.25) is 0 Å². The summed E-state index contributed by atoms with van der Waals surface area (Å²) in [6.07, 6.45) is 2.10. The predicted molar refractivity (Wildman–Crippen MR) is 169 cm³/mol. The summed E-state index contributed by atoms with van der Waals surface area (Å²) >= 11 is 1.43. The summed E-state index contributed by atoms with van der Waals surface area (Å²) in [7, 11) is 0. The van der Waals surface area contributed by atoms with Gasteiger partial charge in [0.05, 0.1) is 22.5 Å². The smallest absolute Gasteiger partial charge is 0.265 e. The molecule has 220 valence electrons. The Morgan fingerprint density at radius 3 is 2.29 bits per heavy atom. The van der Waals surface area contributed by atoms with Crippen molar-refractivity contribution in [2.45, 2.75) is 53.9 Å². The van der Waals surface area contributed by atoms with Gasteiger partial charge in [-0.15, -0.1) is 11.3 Å². The fraction of sp³-hybridized carbons (Fsp3) is 0.382. The third kappa shape index (κ3) is 5.83. The number of nitrogens with zero attached hydrogens (tertiary/aromatic N) is 3. The molecule has 8 heteroatoms. The third-order valence-electron chi connectivity index (χ3n) is 7.87. The van der Waals surface area contributed by atoms with E-state index in [2.05, 4.69) is 45.1 Å². The lowest BCUT2D eigenvalue weighted by atomic mass is 9.97. The van der Waals surface area contributed by atoms with E-state index in [1.165, 1.54) is 23.5 Å². The molecule has 1 fully saturated rings. The Bertz CT molecular complexity index is 1630. The number of benzene rings is 2. The van der Waals surface area contributed by atoms with Gasteiger partial charge in [0.25, 0.3) is 11.5 Å². The van der Waals surface area contributed by atoms with Gasteiger partial charge in [-0.25, -0.2) is 9.37 Å². The van der Waals surface area contributed by atoms with E-state index < -0.39 is 0 Å². The topological polar surface area (TPSA) is 67.2 Å². The molecule has 5 rings (SSSR count). The second kappa shape index (κ2) is 12.7. The van der Waals surface area contributed by atoms with Gasteiger partial charge in [0, 0.05) is 42.3 Å². The maximum atomic E-state index is 14.7. The number of rotatable bonds is 8. The summed E-state index contributed by atoms with van der Waals surface area (Å²) in [6.45, 7) is 13.1.